The van der Waals surface area contributed by atoms with E-state index >= 15 is 0 Å². The number of amides is 1. The van der Waals surface area contributed by atoms with Gasteiger partial charge in [-0.3, -0.25) is 4.79 Å². The Balaban J connectivity index is 1.99. The molecule has 0 unspecified atom stereocenters. The molecule has 2 aromatic rings. The third-order valence-corrected chi connectivity index (χ3v) is 3.63. The van der Waals surface area contributed by atoms with Gasteiger partial charge < -0.3 is 16.2 Å². The van der Waals surface area contributed by atoms with Crippen molar-refractivity contribution < 1.29 is 9.53 Å². The molecule has 0 spiro atoms. The Bertz CT molecular complexity index is 698. The van der Waals surface area contributed by atoms with Crippen molar-refractivity contribution in [2.24, 2.45) is 11.5 Å². The summed E-state index contributed by atoms with van der Waals surface area (Å²) < 4.78 is 5.77. The molecule has 0 aliphatic heterocycles. The van der Waals surface area contributed by atoms with E-state index in [-0.39, 0.29) is 5.88 Å². The highest BCUT2D eigenvalue weighted by atomic mass is 16.5. The molecule has 1 heterocycles. The van der Waals surface area contributed by atoms with Crippen molar-refractivity contribution in [3.8, 4) is 11.6 Å². The Morgan fingerprint density at radius 2 is 2.14 bits per heavy atom. The van der Waals surface area contributed by atoms with Crippen molar-refractivity contribution in [3.63, 3.8) is 0 Å². The van der Waals surface area contributed by atoms with E-state index in [1.807, 2.05) is 18.2 Å². The summed E-state index contributed by atoms with van der Waals surface area (Å²) in [6.07, 6.45) is 2.89. The van der Waals surface area contributed by atoms with Crippen LogP contribution < -0.4 is 16.2 Å². The summed E-state index contributed by atoms with van der Waals surface area (Å²) in [5.74, 6) is 0.352. The fourth-order valence-corrected chi connectivity index (χ4v) is 2.55. The van der Waals surface area contributed by atoms with Gasteiger partial charge in [0.1, 0.15) is 11.3 Å². The number of aryl methyl sites for hydroxylation is 2. The van der Waals surface area contributed by atoms with E-state index in [1.54, 1.807) is 12.1 Å². The molecule has 4 N–H and O–H groups in total. The number of carbonyl (C=O) groups excluding carboxylic acids is 1. The third-order valence-electron chi connectivity index (χ3n) is 3.63. The first-order valence-corrected chi connectivity index (χ1v) is 6.97. The minimum Gasteiger partial charge on any atom is -0.438 e. The van der Waals surface area contributed by atoms with Crippen LogP contribution in [0.15, 0.2) is 30.3 Å². The van der Waals surface area contributed by atoms with Gasteiger partial charge in [0, 0.05) is 12.2 Å². The molecule has 0 radical (unpaired) electrons. The molecule has 1 aromatic carbocycles. The zero-order chi connectivity index (χ0) is 14.8. The smallest absolute Gasteiger partial charge is 0.254 e. The van der Waals surface area contributed by atoms with Gasteiger partial charge in [-0.05, 0) is 48.6 Å². The summed E-state index contributed by atoms with van der Waals surface area (Å²) in [6, 6.07) is 9.21. The van der Waals surface area contributed by atoms with E-state index in [0.717, 1.165) is 36.1 Å². The summed E-state index contributed by atoms with van der Waals surface area (Å²) in [4.78, 5) is 16.1. The van der Waals surface area contributed by atoms with Crippen LogP contribution in [-0.2, 0) is 19.4 Å². The number of fused-ring (bicyclic) bond motifs is 1. The highest BCUT2D eigenvalue weighted by Crippen LogP contribution is 2.29. The SMILES string of the molecule is NCc1cccc(Oc2nc3c(cc2C(N)=O)CCC3)c1. The van der Waals surface area contributed by atoms with Gasteiger partial charge in [-0.25, -0.2) is 4.98 Å². The van der Waals surface area contributed by atoms with Gasteiger partial charge in [-0.2, -0.15) is 0 Å². The van der Waals surface area contributed by atoms with Crippen LogP contribution in [0.3, 0.4) is 0 Å². The number of primary amides is 1. The van der Waals surface area contributed by atoms with Crippen LogP contribution in [0.4, 0.5) is 0 Å². The van der Waals surface area contributed by atoms with Crippen LogP contribution >= 0.6 is 0 Å². The number of rotatable bonds is 4. The molecule has 1 amide bonds. The van der Waals surface area contributed by atoms with Crippen molar-refractivity contribution in [2.75, 3.05) is 0 Å². The molecule has 1 aromatic heterocycles. The predicted octanol–water partition coefficient (Wildman–Crippen LogP) is 1.92. The van der Waals surface area contributed by atoms with Gasteiger partial charge in [0.25, 0.3) is 5.91 Å². The van der Waals surface area contributed by atoms with Crippen LogP contribution in [0.5, 0.6) is 11.6 Å². The number of nitrogens with two attached hydrogens (primary N) is 2. The molecule has 5 heteroatoms. The molecule has 108 valence electrons. The highest BCUT2D eigenvalue weighted by Gasteiger charge is 2.20. The number of ether oxygens (including phenoxy) is 1. The topological polar surface area (TPSA) is 91.2 Å². The second-order valence-electron chi connectivity index (χ2n) is 5.12. The molecule has 0 bridgehead atoms. The lowest BCUT2D eigenvalue weighted by molar-refractivity contribution is 0.0997. The summed E-state index contributed by atoms with van der Waals surface area (Å²) >= 11 is 0. The van der Waals surface area contributed by atoms with E-state index in [0.29, 0.717) is 17.9 Å². The Hall–Kier alpha value is -2.40. The van der Waals surface area contributed by atoms with Crippen LogP contribution in [0.2, 0.25) is 0 Å². The van der Waals surface area contributed by atoms with Gasteiger partial charge in [-0.15, -0.1) is 0 Å². The summed E-state index contributed by atoms with van der Waals surface area (Å²) in [7, 11) is 0. The van der Waals surface area contributed by atoms with E-state index in [4.69, 9.17) is 16.2 Å². The Morgan fingerprint density at radius 1 is 1.29 bits per heavy atom. The summed E-state index contributed by atoms with van der Waals surface area (Å²) in [5.41, 5.74) is 14.4. The van der Waals surface area contributed by atoms with Gasteiger partial charge >= 0.3 is 0 Å². The highest BCUT2D eigenvalue weighted by molar-refractivity contribution is 5.95. The minimum atomic E-state index is -0.526. The molecule has 21 heavy (non-hydrogen) atoms. The van der Waals surface area contributed by atoms with Gasteiger partial charge in [0.05, 0.1) is 0 Å². The zero-order valence-corrected chi connectivity index (χ0v) is 11.6. The van der Waals surface area contributed by atoms with Crippen LogP contribution in [0.1, 0.15) is 33.6 Å². The summed E-state index contributed by atoms with van der Waals surface area (Å²) in [6.45, 7) is 0.428. The van der Waals surface area contributed by atoms with Crippen molar-refractivity contribution in [3.05, 3.63) is 52.7 Å². The maximum Gasteiger partial charge on any atom is 0.254 e. The fourth-order valence-electron chi connectivity index (χ4n) is 2.55. The quantitative estimate of drug-likeness (QED) is 0.896. The van der Waals surface area contributed by atoms with Crippen molar-refractivity contribution >= 4 is 5.91 Å². The number of hydrogen-bond donors (Lipinski definition) is 2. The second-order valence-corrected chi connectivity index (χ2v) is 5.12. The molecule has 0 fully saturated rings. The second kappa shape index (κ2) is 5.54. The van der Waals surface area contributed by atoms with Crippen molar-refractivity contribution in [1.29, 1.82) is 0 Å². The minimum absolute atomic E-state index is 0.275. The molecule has 3 rings (SSSR count). The molecule has 1 aliphatic carbocycles. The molecule has 0 saturated heterocycles. The fraction of sp³-hybridized carbons (Fsp3) is 0.250. The molecular weight excluding hydrogens is 266 g/mol. The zero-order valence-electron chi connectivity index (χ0n) is 11.6. The van der Waals surface area contributed by atoms with Crippen LogP contribution in [0.25, 0.3) is 0 Å². The first-order chi connectivity index (χ1) is 10.2. The lowest BCUT2D eigenvalue weighted by Gasteiger charge is -2.11. The summed E-state index contributed by atoms with van der Waals surface area (Å²) in [5, 5.41) is 0. The Morgan fingerprint density at radius 3 is 2.90 bits per heavy atom. The number of benzene rings is 1. The number of hydrogen-bond acceptors (Lipinski definition) is 4. The monoisotopic (exact) mass is 283 g/mol. The Kier molecular flexibility index (Phi) is 3.58. The van der Waals surface area contributed by atoms with E-state index < -0.39 is 5.91 Å². The maximum absolute atomic E-state index is 11.6. The first kappa shape index (κ1) is 13.6. The normalized spacial score (nSPS) is 13.0. The molecular formula is C16H17N3O2. The average molecular weight is 283 g/mol. The van der Waals surface area contributed by atoms with Gasteiger partial charge in [0.2, 0.25) is 5.88 Å². The van der Waals surface area contributed by atoms with Gasteiger partial charge in [0.15, 0.2) is 0 Å². The average Bonchev–Trinajstić information content (AvgIpc) is 2.93. The molecule has 1 aliphatic rings. The number of carbonyl (C=O) groups is 1. The van der Waals surface area contributed by atoms with E-state index in [2.05, 4.69) is 4.98 Å². The van der Waals surface area contributed by atoms with Crippen LogP contribution in [0, 0.1) is 0 Å². The Labute approximate surface area is 122 Å². The van der Waals surface area contributed by atoms with E-state index in [9.17, 15) is 4.79 Å². The number of pyridine rings is 1. The van der Waals surface area contributed by atoms with E-state index in [1.165, 1.54) is 0 Å². The first-order valence-electron chi connectivity index (χ1n) is 6.97. The predicted molar refractivity (Wildman–Crippen MR) is 79.2 cm³/mol. The molecule has 5 nitrogen and oxygen atoms in total. The lowest BCUT2D eigenvalue weighted by atomic mass is 10.1. The lowest BCUT2D eigenvalue weighted by Crippen LogP contribution is -2.14. The maximum atomic E-state index is 11.6. The van der Waals surface area contributed by atoms with Crippen molar-refractivity contribution in [1.82, 2.24) is 4.98 Å². The van der Waals surface area contributed by atoms with Gasteiger partial charge in [-0.1, -0.05) is 12.1 Å². The molecule has 0 atom stereocenters. The molecule has 0 saturated carbocycles. The third kappa shape index (κ3) is 2.73. The number of nitrogens with zero attached hydrogens (tertiary/aromatic N) is 1. The van der Waals surface area contributed by atoms with Crippen molar-refractivity contribution in [2.45, 2.75) is 25.8 Å². The van der Waals surface area contributed by atoms with Crippen LogP contribution in [-0.4, -0.2) is 10.9 Å². The number of aromatic nitrogens is 1. The largest absolute Gasteiger partial charge is 0.438 e. The standard InChI is InChI=1S/C16H17N3O2/c17-9-10-3-1-5-12(7-10)21-16-13(15(18)20)8-11-4-2-6-14(11)19-16/h1,3,5,7-8H,2,4,6,9,17H2,(H2,18,20).